The second kappa shape index (κ2) is 5.19. The zero-order chi connectivity index (χ0) is 13.1. The molecule has 0 heterocycles. The van der Waals surface area contributed by atoms with Gasteiger partial charge in [-0.05, 0) is 45.0 Å². The number of hydrogen-bond acceptors (Lipinski definition) is 3. The Hall–Kier alpha value is -1.55. The van der Waals surface area contributed by atoms with Crippen LogP contribution in [0.25, 0.3) is 0 Å². The predicted molar refractivity (Wildman–Crippen MR) is 65.9 cm³/mol. The first-order valence-electron chi connectivity index (χ1n) is 5.08. The second-order valence-electron chi connectivity index (χ2n) is 4.46. The Labute approximate surface area is 105 Å². The fourth-order valence-electron chi connectivity index (χ4n) is 1.04. The van der Waals surface area contributed by atoms with Crippen molar-refractivity contribution in [1.29, 1.82) is 0 Å². The first-order chi connectivity index (χ1) is 7.78. The van der Waals surface area contributed by atoms with Crippen LogP contribution in [-0.2, 0) is 14.3 Å². The Bertz CT molecular complexity index is 420. The Morgan fingerprint density at radius 2 is 1.71 bits per heavy atom. The highest BCUT2D eigenvalue weighted by Gasteiger charge is 2.22. The zero-order valence-corrected chi connectivity index (χ0v) is 10.7. The van der Waals surface area contributed by atoms with E-state index in [1.807, 2.05) is 0 Å². The first-order valence-corrected chi connectivity index (χ1v) is 5.45. The van der Waals surface area contributed by atoms with E-state index in [4.69, 9.17) is 16.3 Å². The van der Waals surface area contributed by atoms with Crippen molar-refractivity contribution < 1.29 is 14.3 Å². The lowest BCUT2D eigenvalue weighted by Gasteiger charge is -2.18. The van der Waals surface area contributed by atoms with Crippen molar-refractivity contribution >= 4 is 29.2 Å². The number of carbonyl (C=O) groups is 2. The molecule has 1 aromatic rings. The lowest BCUT2D eigenvalue weighted by molar-refractivity contribution is -0.161. The molecule has 0 fully saturated rings. The van der Waals surface area contributed by atoms with Gasteiger partial charge in [0.15, 0.2) is 0 Å². The number of carbonyl (C=O) groups excluding carboxylic acids is 2. The summed E-state index contributed by atoms with van der Waals surface area (Å²) in [5, 5.41) is 2.98. The molecule has 1 rings (SSSR count). The zero-order valence-electron chi connectivity index (χ0n) is 9.91. The number of esters is 1. The fourth-order valence-corrected chi connectivity index (χ4v) is 1.17. The summed E-state index contributed by atoms with van der Waals surface area (Å²) in [6.07, 6.45) is 0. The van der Waals surface area contributed by atoms with Gasteiger partial charge in [-0.15, -0.1) is 0 Å². The topological polar surface area (TPSA) is 55.4 Å². The van der Waals surface area contributed by atoms with E-state index in [0.29, 0.717) is 10.7 Å². The van der Waals surface area contributed by atoms with Crippen LogP contribution in [0, 0.1) is 0 Å². The molecule has 1 N–H and O–H groups in total. The molecule has 5 heteroatoms. The second-order valence-corrected chi connectivity index (χ2v) is 4.90. The number of rotatable bonds is 1. The van der Waals surface area contributed by atoms with Crippen LogP contribution < -0.4 is 5.32 Å². The highest BCUT2D eigenvalue weighted by molar-refractivity contribution is 6.37. The quantitative estimate of drug-likeness (QED) is 0.620. The van der Waals surface area contributed by atoms with Gasteiger partial charge in [0, 0.05) is 10.7 Å². The smallest absolute Gasteiger partial charge is 0.397 e. The summed E-state index contributed by atoms with van der Waals surface area (Å²) < 4.78 is 4.92. The van der Waals surface area contributed by atoms with Gasteiger partial charge in [0.2, 0.25) is 0 Å². The minimum atomic E-state index is -0.910. The van der Waals surface area contributed by atoms with Crippen LogP contribution in [0.2, 0.25) is 5.02 Å². The van der Waals surface area contributed by atoms with Crippen LogP contribution in [-0.4, -0.2) is 17.5 Å². The van der Waals surface area contributed by atoms with Crippen molar-refractivity contribution in [2.75, 3.05) is 5.32 Å². The van der Waals surface area contributed by atoms with Crippen molar-refractivity contribution in [1.82, 2.24) is 0 Å². The summed E-state index contributed by atoms with van der Waals surface area (Å²) in [6.45, 7) is 5.08. The molecule has 92 valence electrons. The summed E-state index contributed by atoms with van der Waals surface area (Å²) in [4.78, 5) is 22.8. The summed E-state index contributed by atoms with van der Waals surface area (Å²) in [5.41, 5.74) is -0.195. The highest BCUT2D eigenvalue weighted by atomic mass is 35.5. The van der Waals surface area contributed by atoms with E-state index in [1.54, 1.807) is 45.0 Å². The molecule has 1 amide bonds. The van der Waals surface area contributed by atoms with Gasteiger partial charge < -0.3 is 10.1 Å². The molecule has 0 radical (unpaired) electrons. The SMILES string of the molecule is CC(C)(C)OC(=O)C(=O)Nc1ccc(Cl)cc1. The Kier molecular flexibility index (Phi) is 4.12. The summed E-state index contributed by atoms with van der Waals surface area (Å²) in [5.74, 6) is -1.71. The molecule has 0 saturated heterocycles. The number of ether oxygens (including phenoxy) is 1. The van der Waals surface area contributed by atoms with Gasteiger partial charge >= 0.3 is 11.9 Å². The van der Waals surface area contributed by atoms with Gasteiger partial charge in [0.25, 0.3) is 0 Å². The number of halogens is 1. The van der Waals surface area contributed by atoms with Crippen molar-refractivity contribution in [3.8, 4) is 0 Å². The maximum absolute atomic E-state index is 11.5. The number of anilines is 1. The summed E-state index contributed by atoms with van der Waals surface area (Å²) >= 11 is 5.69. The largest absolute Gasteiger partial charge is 0.453 e. The van der Waals surface area contributed by atoms with Crippen LogP contribution in [0.1, 0.15) is 20.8 Å². The predicted octanol–water partition coefficient (Wildman–Crippen LogP) is 2.62. The van der Waals surface area contributed by atoms with Crippen molar-refractivity contribution in [3.05, 3.63) is 29.3 Å². The van der Waals surface area contributed by atoms with E-state index in [-0.39, 0.29) is 0 Å². The van der Waals surface area contributed by atoms with E-state index in [0.717, 1.165) is 0 Å². The maximum atomic E-state index is 11.5. The Balaban J connectivity index is 2.60. The van der Waals surface area contributed by atoms with E-state index in [2.05, 4.69) is 5.32 Å². The Morgan fingerprint density at radius 3 is 2.18 bits per heavy atom. The van der Waals surface area contributed by atoms with Crippen molar-refractivity contribution in [2.45, 2.75) is 26.4 Å². The molecule has 0 atom stereocenters. The average molecular weight is 256 g/mol. The molecular formula is C12H14ClNO3. The maximum Gasteiger partial charge on any atom is 0.397 e. The highest BCUT2D eigenvalue weighted by Crippen LogP contribution is 2.14. The molecular weight excluding hydrogens is 242 g/mol. The number of benzene rings is 1. The van der Waals surface area contributed by atoms with Crippen LogP contribution in [0.3, 0.4) is 0 Å². The molecule has 0 saturated carbocycles. The lowest BCUT2D eigenvalue weighted by Crippen LogP contribution is -2.32. The van der Waals surface area contributed by atoms with Gasteiger partial charge in [0.05, 0.1) is 0 Å². The minimum absolute atomic E-state index is 0.491. The number of nitrogens with one attached hydrogen (secondary N) is 1. The molecule has 0 aliphatic rings. The molecule has 0 aromatic heterocycles. The number of hydrogen-bond donors (Lipinski definition) is 1. The first kappa shape index (κ1) is 13.5. The van der Waals surface area contributed by atoms with Crippen LogP contribution >= 0.6 is 11.6 Å². The van der Waals surface area contributed by atoms with Crippen molar-refractivity contribution in [2.24, 2.45) is 0 Å². The third kappa shape index (κ3) is 4.87. The van der Waals surface area contributed by atoms with Gasteiger partial charge in [-0.2, -0.15) is 0 Å². The monoisotopic (exact) mass is 255 g/mol. The third-order valence-corrected chi connectivity index (χ3v) is 1.94. The van der Waals surface area contributed by atoms with Gasteiger partial charge in [0.1, 0.15) is 5.60 Å². The molecule has 17 heavy (non-hydrogen) atoms. The van der Waals surface area contributed by atoms with Gasteiger partial charge in [-0.25, -0.2) is 4.79 Å². The van der Waals surface area contributed by atoms with E-state index in [9.17, 15) is 9.59 Å². The average Bonchev–Trinajstić information content (AvgIpc) is 2.19. The van der Waals surface area contributed by atoms with E-state index in [1.165, 1.54) is 0 Å². The van der Waals surface area contributed by atoms with Crippen LogP contribution in [0.5, 0.6) is 0 Å². The molecule has 0 aliphatic carbocycles. The van der Waals surface area contributed by atoms with Crippen LogP contribution in [0.15, 0.2) is 24.3 Å². The molecule has 4 nitrogen and oxygen atoms in total. The van der Waals surface area contributed by atoms with Crippen molar-refractivity contribution in [3.63, 3.8) is 0 Å². The normalized spacial score (nSPS) is 10.8. The third-order valence-electron chi connectivity index (χ3n) is 1.69. The van der Waals surface area contributed by atoms with Gasteiger partial charge in [-0.1, -0.05) is 11.6 Å². The summed E-state index contributed by atoms with van der Waals surface area (Å²) in [7, 11) is 0. The molecule has 0 aliphatic heterocycles. The molecule has 0 spiro atoms. The van der Waals surface area contributed by atoms with Crippen LogP contribution in [0.4, 0.5) is 5.69 Å². The number of amides is 1. The van der Waals surface area contributed by atoms with E-state index < -0.39 is 17.5 Å². The summed E-state index contributed by atoms with van der Waals surface area (Å²) in [6, 6.07) is 6.44. The standard InChI is InChI=1S/C12H14ClNO3/c1-12(2,3)17-11(16)10(15)14-9-6-4-8(13)5-7-9/h4-7H,1-3H3,(H,14,15). The van der Waals surface area contributed by atoms with Gasteiger partial charge in [-0.3, -0.25) is 4.79 Å². The molecule has 1 aromatic carbocycles. The Morgan fingerprint density at radius 1 is 1.18 bits per heavy atom. The fraction of sp³-hybridized carbons (Fsp3) is 0.333. The minimum Gasteiger partial charge on any atom is -0.453 e. The van der Waals surface area contributed by atoms with E-state index >= 15 is 0 Å². The molecule has 0 unspecified atom stereocenters. The molecule has 0 bridgehead atoms. The lowest BCUT2D eigenvalue weighted by atomic mass is 10.2.